The molecule has 0 saturated carbocycles. The molecule has 1 aromatic carbocycles. The lowest BCUT2D eigenvalue weighted by atomic mass is 10.1. The van der Waals surface area contributed by atoms with Crippen LogP contribution in [0.1, 0.15) is 11.1 Å². The first-order valence-corrected chi connectivity index (χ1v) is 3.80. The van der Waals surface area contributed by atoms with Crippen molar-refractivity contribution in [3.63, 3.8) is 0 Å². The van der Waals surface area contributed by atoms with E-state index < -0.39 is 0 Å². The molecule has 12 heavy (non-hydrogen) atoms. The molecule has 0 heterocycles. The monoisotopic (exact) mass is 164 g/mol. The van der Waals surface area contributed by atoms with Crippen LogP contribution in [0.15, 0.2) is 30.9 Å². The molecule has 2 N–H and O–H groups in total. The third kappa shape index (κ3) is 1.86. The minimum absolute atomic E-state index is 0.0398. The Hall–Kier alpha value is -1.28. The molecular formula is C10H12O2. The second-order valence-electron chi connectivity index (χ2n) is 2.61. The Kier molecular flexibility index (Phi) is 2.88. The van der Waals surface area contributed by atoms with Crippen LogP contribution >= 0.6 is 0 Å². The first-order chi connectivity index (χ1) is 5.77. The van der Waals surface area contributed by atoms with Gasteiger partial charge in [-0.05, 0) is 23.6 Å². The fraction of sp³-hybridized carbons (Fsp3) is 0.200. The van der Waals surface area contributed by atoms with E-state index in [9.17, 15) is 5.11 Å². The minimum atomic E-state index is -0.0398. The van der Waals surface area contributed by atoms with Crippen molar-refractivity contribution in [2.75, 3.05) is 0 Å². The summed E-state index contributed by atoms with van der Waals surface area (Å²) >= 11 is 0. The lowest BCUT2D eigenvalue weighted by Crippen LogP contribution is -1.86. The molecule has 0 saturated heterocycles. The van der Waals surface area contributed by atoms with Crippen LogP contribution in [0.4, 0.5) is 0 Å². The Balaban J connectivity index is 2.94. The van der Waals surface area contributed by atoms with Crippen LogP contribution in [0.3, 0.4) is 0 Å². The van der Waals surface area contributed by atoms with Gasteiger partial charge >= 0.3 is 0 Å². The van der Waals surface area contributed by atoms with Gasteiger partial charge in [-0.1, -0.05) is 18.2 Å². The zero-order valence-corrected chi connectivity index (χ0v) is 6.83. The zero-order valence-electron chi connectivity index (χ0n) is 6.83. The highest BCUT2D eigenvalue weighted by Crippen LogP contribution is 2.19. The molecule has 0 aliphatic rings. The van der Waals surface area contributed by atoms with E-state index in [0.29, 0.717) is 6.42 Å². The SMILES string of the molecule is C=CCc1ccc(CO)cc1O. The van der Waals surface area contributed by atoms with Crippen molar-refractivity contribution in [3.8, 4) is 5.75 Å². The van der Waals surface area contributed by atoms with Crippen LogP contribution in [0.25, 0.3) is 0 Å². The highest BCUT2D eigenvalue weighted by molar-refractivity contribution is 5.37. The van der Waals surface area contributed by atoms with E-state index in [2.05, 4.69) is 6.58 Å². The number of phenols is 1. The number of benzene rings is 1. The van der Waals surface area contributed by atoms with Crippen LogP contribution in [0.2, 0.25) is 0 Å². The summed E-state index contributed by atoms with van der Waals surface area (Å²) in [6.45, 7) is 3.54. The van der Waals surface area contributed by atoms with E-state index in [0.717, 1.165) is 11.1 Å². The maximum absolute atomic E-state index is 9.39. The smallest absolute Gasteiger partial charge is 0.119 e. The van der Waals surface area contributed by atoms with Gasteiger partial charge < -0.3 is 10.2 Å². The Labute approximate surface area is 71.8 Å². The van der Waals surface area contributed by atoms with Gasteiger partial charge in [0.25, 0.3) is 0 Å². The molecule has 1 rings (SSSR count). The Morgan fingerprint density at radius 1 is 1.42 bits per heavy atom. The van der Waals surface area contributed by atoms with Crippen LogP contribution in [0, 0.1) is 0 Å². The molecule has 0 radical (unpaired) electrons. The number of aromatic hydroxyl groups is 1. The van der Waals surface area contributed by atoms with Gasteiger partial charge in [0.05, 0.1) is 6.61 Å². The molecule has 0 bridgehead atoms. The van der Waals surface area contributed by atoms with Crippen molar-refractivity contribution in [2.45, 2.75) is 13.0 Å². The van der Waals surface area contributed by atoms with Crippen molar-refractivity contribution in [1.29, 1.82) is 0 Å². The molecule has 0 aromatic heterocycles. The van der Waals surface area contributed by atoms with Gasteiger partial charge in [0.2, 0.25) is 0 Å². The van der Waals surface area contributed by atoms with E-state index in [1.54, 1.807) is 24.3 Å². The summed E-state index contributed by atoms with van der Waals surface area (Å²) in [7, 11) is 0. The number of phenolic OH excluding ortho intramolecular Hbond substituents is 1. The molecule has 0 aliphatic carbocycles. The van der Waals surface area contributed by atoms with Gasteiger partial charge in [0, 0.05) is 0 Å². The molecule has 1 aromatic rings. The summed E-state index contributed by atoms with van der Waals surface area (Å²) in [6.07, 6.45) is 2.38. The van der Waals surface area contributed by atoms with Crippen LogP contribution in [-0.2, 0) is 13.0 Å². The second kappa shape index (κ2) is 3.93. The topological polar surface area (TPSA) is 40.5 Å². The van der Waals surface area contributed by atoms with Crippen molar-refractivity contribution in [2.24, 2.45) is 0 Å². The van der Waals surface area contributed by atoms with Crippen molar-refractivity contribution >= 4 is 0 Å². The maximum atomic E-state index is 9.39. The molecule has 0 spiro atoms. The van der Waals surface area contributed by atoms with Gasteiger partial charge in [0.1, 0.15) is 5.75 Å². The van der Waals surface area contributed by atoms with Crippen molar-refractivity contribution in [1.82, 2.24) is 0 Å². The average Bonchev–Trinajstić information content (AvgIpc) is 2.09. The Morgan fingerprint density at radius 2 is 2.17 bits per heavy atom. The third-order valence-electron chi connectivity index (χ3n) is 1.70. The van der Waals surface area contributed by atoms with Crippen LogP contribution < -0.4 is 0 Å². The summed E-state index contributed by atoms with van der Waals surface area (Å²) in [4.78, 5) is 0. The van der Waals surface area contributed by atoms with Gasteiger partial charge in [0.15, 0.2) is 0 Å². The maximum Gasteiger partial charge on any atom is 0.119 e. The van der Waals surface area contributed by atoms with Gasteiger partial charge in [-0.25, -0.2) is 0 Å². The number of hydrogen-bond donors (Lipinski definition) is 2. The second-order valence-corrected chi connectivity index (χ2v) is 2.61. The molecule has 0 unspecified atom stereocenters. The average molecular weight is 164 g/mol. The molecule has 0 atom stereocenters. The summed E-state index contributed by atoms with van der Waals surface area (Å²) in [5.41, 5.74) is 1.56. The zero-order chi connectivity index (χ0) is 8.97. The molecule has 2 nitrogen and oxygen atoms in total. The van der Waals surface area contributed by atoms with E-state index in [1.807, 2.05) is 0 Å². The summed E-state index contributed by atoms with van der Waals surface area (Å²) in [5, 5.41) is 18.1. The highest BCUT2D eigenvalue weighted by atomic mass is 16.3. The van der Waals surface area contributed by atoms with Gasteiger partial charge in [-0.15, -0.1) is 6.58 Å². The van der Waals surface area contributed by atoms with Gasteiger partial charge in [-0.2, -0.15) is 0 Å². The highest BCUT2D eigenvalue weighted by Gasteiger charge is 1.99. The Bertz CT molecular complexity index is 279. The molecule has 0 aliphatic heterocycles. The number of aliphatic hydroxyl groups is 1. The van der Waals surface area contributed by atoms with Crippen molar-refractivity contribution < 1.29 is 10.2 Å². The molecule has 0 fully saturated rings. The Morgan fingerprint density at radius 3 is 2.67 bits per heavy atom. The van der Waals surface area contributed by atoms with Crippen LogP contribution in [-0.4, -0.2) is 10.2 Å². The number of rotatable bonds is 3. The van der Waals surface area contributed by atoms with E-state index >= 15 is 0 Å². The van der Waals surface area contributed by atoms with E-state index in [-0.39, 0.29) is 12.4 Å². The molecular weight excluding hydrogens is 152 g/mol. The lowest BCUT2D eigenvalue weighted by molar-refractivity contribution is 0.281. The predicted octanol–water partition coefficient (Wildman–Crippen LogP) is 1.61. The summed E-state index contributed by atoms with van der Waals surface area (Å²) < 4.78 is 0. The minimum Gasteiger partial charge on any atom is -0.508 e. The van der Waals surface area contributed by atoms with Gasteiger partial charge in [-0.3, -0.25) is 0 Å². The fourth-order valence-corrected chi connectivity index (χ4v) is 1.04. The first-order valence-electron chi connectivity index (χ1n) is 3.80. The number of aliphatic hydroxyl groups excluding tert-OH is 1. The van der Waals surface area contributed by atoms with Crippen molar-refractivity contribution in [3.05, 3.63) is 42.0 Å². The van der Waals surface area contributed by atoms with E-state index in [4.69, 9.17) is 5.11 Å². The first kappa shape index (κ1) is 8.81. The standard InChI is InChI=1S/C10H12O2/c1-2-3-9-5-4-8(7-11)6-10(9)12/h2,4-6,11-12H,1,3,7H2. The summed E-state index contributed by atoms with van der Waals surface area (Å²) in [5.74, 6) is 0.224. The molecule has 2 heteroatoms. The normalized spacial score (nSPS) is 9.75. The largest absolute Gasteiger partial charge is 0.508 e. The van der Waals surface area contributed by atoms with Crippen LogP contribution in [0.5, 0.6) is 5.75 Å². The fourth-order valence-electron chi connectivity index (χ4n) is 1.04. The quantitative estimate of drug-likeness (QED) is 0.666. The van der Waals surface area contributed by atoms with E-state index in [1.165, 1.54) is 0 Å². The number of allylic oxidation sites excluding steroid dienone is 1. The number of hydrogen-bond acceptors (Lipinski definition) is 2. The third-order valence-corrected chi connectivity index (χ3v) is 1.70. The molecule has 0 amide bonds. The summed E-state index contributed by atoms with van der Waals surface area (Å²) in [6, 6.07) is 5.15. The predicted molar refractivity (Wildman–Crippen MR) is 47.9 cm³/mol. The molecule has 64 valence electrons. The lowest BCUT2D eigenvalue weighted by Gasteiger charge is -2.02.